The number of nitrogens with one attached hydrogen (secondary N) is 1. The molecule has 16 heavy (non-hydrogen) atoms. The molecule has 1 rings (SSSR count). The van der Waals surface area contributed by atoms with E-state index in [2.05, 4.69) is 5.32 Å². The van der Waals surface area contributed by atoms with Gasteiger partial charge in [-0.2, -0.15) is 0 Å². The zero-order valence-electron chi connectivity index (χ0n) is 9.76. The largest absolute Gasteiger partial charge is 0.466 e. The molecule has 0 unspecified atom stereocenters. The average Bonchev–Trinajstić information content (AvgIpc) is 2.20. The third kappa shape index (κ3) is 37.0. The topological polar surface area (TPSA) is 108 Å². The van der Waals surface area contributed by atoms with E-state index in [9.17, 15) is 0 Å². The summed E-state index contributed by atoms with van der Waals surface area (Å²) in [5.41, 5.74) is 0. The molecule has 0 atom stereocenters. The van der Waals surface area contributed by atoms with Crippen LogP contribution in [0, 0.1) is 0 Å². The minimum Gasteiger partial charge on any atom is -0.382 e. The number of hydrogen-bond acceptors (Lipinski definition) is 4. The molecule has 0 saturated carbocycles. The molecular formula is C8H22NO6P. The fourth-order valence-corrected chi connectivity index (χ4v) is 0.720. The van der Waals surface area contributed by atoms with Crippen molar-refractivity contribution in [3.8, 4) is 0 Å². The Kier molecular flexibility index (Phi) is 15.0. The molecule has 0 amide bonds. The molecule has 0 aromatic rings. The van der Waals surface area contributed by atoms with E-state index in [0.29, 0.717) is 0 Å². The lowest BCUT2D eigenvalue weighted by atomic mass is 10.5. The molecule has 4 N–H and O–H groups in total. The van der Waals surface area contributed by atoms with Crippen LogP contribution in [0.1, 0.15) is 13.8 Å². The van der Waals surface area contributed by atoms with E-state index in [1.165, 1.54) is 0 Å². The summed E-state index contributed by atoms with van der Waals surface area (Å²) in [4.78, 5) is 21.6. The monoisotopic (exact) mass is 259 g/mol. The van der Waals surface area contributed by atoms with Crippen molar-refractivity contribution in [2.45, 2.75) is 13.8 Å². The number of morpholine rings is 1. The van der Waals surface area contributed by atoms with Gasteiger partial charge in [-0.3, -0.25) is 0 Å². The Morgan fingerprint density at radius 2 is 1.56 bits per heavy atom. The summed E-state index contributed by atoms with van der Waals surface area (Å²) < 4.78 is 18.7. The molecule has 0 spiro atoms. The van der Waals surface area contributed by atoms with Gasteiger partial charge in [0.05, 0.1) is 13.2 Å². The summed E-state index contributed by atoms with van der Waals surface area (Å²) in [7, 11) is -4.64. The Morgan fingerprint density at radius 3 is 1.62 bits per heavy atom. The third-order valence-electron chi connectivity index (χ3n) is 1.25. The molecule has 0 aromatic heterocycles. The van der Waals surface area contributed by atoms with Crippen LogP contribution >= 0.6 is 7.82 Å². The third-order valence-corrected chi connectivity index (χ3v) is 1.25. The summed E-state index contributed by atoms with van der Waals surface area (Å²) in [5.74, 6) is 0. The highest BCUT2D eigenvalue weighted by Gasteiger charge is 2.00. The van der Waals surface area contributed by atoms with Crippen LogP contribution in [0.25, 0.3) is 0 Å². The summed E-state index contributed by atoms with van der Waals surface area (Å²) in [6.07, 6.45) is 0. The SMILES string of the molecule is C1COCCN1.CCOCC.O=P(O)(O)O. The molecule has 0 bridgehead atoms. The Morgan fingerprint density at radius 1 is 1.19 bits per heavy atom. The second-order valence-electron chi connectivity index (χ2n) is 2.66. The van der Waals surface area contributed by atoms with Crippen LogP contribution in [0.2, 0.25) is 0 Å². The Labute approximate surface area is 96.0 Å². The van der Waals surface area contributed by atoms with Crippen LogP contribution in [-0.2, 0) is 14.0 Å². The lowest BCUT2D eigenvalue weighted by molar-refractivity contribution is 0.109. The first-order valence-electron chi connectivity index (χ1n) is 5.06. The van der Waals surface area contributed by atoms with Crippen molar-refractivity contribution in [3.63, 3.8) is 0 Å². The molecule has 0 aliphatic carbocycles. The van der Waals surface area contributed by atoms with E-state index in [0.717, 1.165) is 39.5 Å². The summed E-state index contributed by atoms with van der Waals surface area (Å²) >= 11 is 0. The zero-order chi connectivity index (χ0) is 12.9. The van der Waals surface area contributed by atoms with Crippen LogP contribution in [-0.4, -0.2) is 54.2 Å². The van der Waals surface area contributed by atoms with Gasteiger partial charge in [0.1, 0.15) is 0 Å². The quantitative estimate of drug-likeness (QED) is 0.505. The van der Waals surface area contributed by atoms with Crippen molar-refractivity contribution in [1.29, 1.82) is 0 Å². The van der Waals surface area contributed by atoms with Crippen molar-refractivity contribution < 1.29 is 28.7 Å². The minimum absolute atomic E-state index is 0.844. The molecule has 1 fully saturated rings. The minimum atomic E-state index is -4.64. The molecule has 0 aromatic carbocycles. The average molecular weight is 259 g/mol. The molecule has 1 aliphatic heterocycles. The van der Waals surface area contributed by atoms with Crippen molar-refractivity contribution in [2.24, 2.45) is 0 Å². The van der Waals surface area contributed by atoms with E-state index >= 15 is 0 Å². The van der Waals surface area contributed by atoms with Crippen LogP contribution in [0.15, 0.2) is 0 Å². The van der Waals surface area contributed by atoms with Crippen LogP contribution in [0.3, 0.4) is 0 Å². The van der Waals surface area contributed by atoms with Gasteiger partial charge in [-0.1, -0.05) is 0 Å². The molecule has 1 heterocycles. The van der Waals surface area contributed by atoms with Gasteiger partial charge in [-0.15, -0.1) is 0 Å². The highest BCUT2D eigenvalue weighted by molar-refractivity contribution is 7.45. The van der Waals surface area contributed by atoms with Gasteiger partial charge in [0.2, 0.25) is 0 Å². The second-order valence-corrected chi connectivity index (χ2v) is 3.68. The van der Waals surface area contributed by atoms with Gasteiger partial charge in [-0.05, 0) is 13.8 Å². The van der Waals surface area contributed by atoms with E-state index in [1.54, 1.807) is 0 Å². The van der Waals surface area contributed by atoms with Crippen molar-refractivity contribution in [3.05, 3.63) is 0 Å². The van der Waals surface area contributed by atoms with Gasteiger partial charge >= 0.3 is 7.82 Å². The van der Waals surface area contributed by atoms with Gasteiger partial charge < -0.3 is 29.5 Å². The number of hydrogen-bond donors (Lipinski definition) is 4. The molecule has 100 valence electrons. The molecule has 1 saturated heterocycles. The maximum Gasteiger partial charge on any atom is 0.466 e. The van der Waals surface area contributed by atoms with Crippen LogP contribution < -0.4 is 5.32 Å². The van der Waals surface area contributed by atoms with E-state index in [4.69, 9.17) is 28.7 Å². The smallest absolute Gasteiger partial charge is 0.382 e. The fraction of sp³-hybridized carbons (Fsp3) is 1.00. The Balaban J connectivity index is 0. The molecule has 7 nitrogen and oxygen atoms in total. The predicted molar refractivity (Wildman–Crippen MR) is 60.1 cm³/mol. The van der Waals surface area contributed by atoms with E-state index < -0.39 is 7.82 Å². The van der Waals surface area contributed by atoms with Crippen LogP contribution in [0.4, 0.5) is 0 Å². The Hall–Kier alpha value is -0.0100. The maximum absolute atomic E-state index is 8.88. The highest BCUT2D eigenvalue weighted by Crippen LogP contribution is 2.25. The zero-order valence-corrected chi connectivity index (χ0v) is 10.7. The normalized spacial score (nSPS) is 15.3. The predicted octanol–water partition coefficient (Wildman–Crippen LogP) is -0.280. The molecule has 1 aliphatic rings. The lowest BCUT2D eigenvalue weighted by Crippen LogP contribution is -2.30. The highest BCUT2D eigenvalue weighted by atomic mass is 31.2. The maximum atomic E-state index is 8.88. The summed E-state index contributed by atoms with van der Waals surface area (Å²) in [5, 5.41) is 3.16. The van der Waals surface area contributed by atoms with Crippen LogP contribution in [0.5, 0.6) is 0 Å². The van der Waals surface area contributed by atoms with Crippen molar-refractivity contribution in [1.82, 2.24) is 5.32 Å². The van der Waals surface area contributed by atoms with Gasteiger partial charge in [0.25, 0.3) is 0 Å². The van der Waals surface area contributed by atoms with E-state index in [1.807, 2.05) is 13.8 Å². The number of rotatable bonds is 2. The number of ether oxygens (including phenoxy) is 2. The van der Waals surface area contributed by atoms with Gasteiger partial charge in [0.15, 0.2) is 0 Å². The van der Waals surface area contributed by atoms with Gasteiger partial charge in [-0.25, -0.2) is 4.57 Å². The second kappa shape index (κ2) is 13.1. The molecule has 0 radical (unpaired) electrons. The first-order chi connectivity index (χ1) is 7.41. The molecule has 8 heteroatoms. The standard InChI is InChI=1S/C4H9NO.C4H10O.H3O4P/c1-3-6-4-2-5-1;1-3-5-4-2;1-5(2,3)4/h5H,1-4H2;3-4H2,1-2H3;(H3,1,2,3,4). The lowest BCUT2D eigenvalue weighted by Gasteiger charge is -2.10. The fourth-order valence-electron chi connectivity index (χ4n) is 0.720. The summed E-state index contributed by atoms with van der Waals surface area (Å²) in [6.45, 7) is 9.50. The first-order valence-corrected chi connectivity index (χ1v) is 6.62. The van der Waals surface area contributed by atoms with Gasteiger partial charge in [0, 0.05) is 26.3 Å². The number of phosphoric acid groups is 1. The van der Waals surface area contributed by atoms with Crippen molar-refractivity contribution in [2.75, 3.05) is 39.5 Å². The van der Waals surface area contributed by atoms with E-state index in [-0.39, 0.29) is 0 Å². The first kappa shape index (κ1) is 18.4. The summed E-state index contributed by atoms with van der Waals surface area (Å²) in [6, 6.07) is 0. The Bertz CT molecular complexity index is 148. The molecular weight excluding hydrogens is 237 g/mol. The van der Waals surface area contributed by atoms with Crippen molar-refractivity contribution >= 4 is 7.82 Å².